The molecule has 0 bridgehead atoms. The number of piperidine rings is 1. The number of hydrogen-bond acceptors (Lipinski definition) is 6. The molecule has 1 aromatic heterocycles. The molecule has 1 aromatic carbocycles. The summed E-state index contributed by atoms with van der Waals surface area (Å²) < 4.78 is 11.4. The lowest BCUT2D eigenvalue weighted by molar-refractivity contribution is -0.116. The molecule has 148 valence electrons. The van der Waals surface area contributed by atoms with E-state index in [9.17, 15) is 9.90 Å². The molecule has 4 rings (SSSR count). The molecule has 0 aliphatic carbocycles. The molecular weight excluding hydrogens is 358 g/mol. The molecular formula is C21H25N3O4. The van der Waals surface area contributed by atoms with Crippen molar-refractivity contribution in [2.45, 2.75) is 38.0 Å². The van der Waals surface area contributed by atoms with Crippen molar-refractivity contribution in [3.63, 3.8) is 0 Å². The number of fused-ring (bicyclic) bond motifs is 1. The maximum Gasteiger partial charge on any atom is 0.224 e. The van der Waals surface area contributed by atoms with E-state index >= 15 is 0 Å². The summed E-state index contributed by atoms with van der Waals surface area (Å²) in [6.07, 6.45) is 2.83. The number of carbonyl (C=O) groups excluding carboxylic acids is 1. The highest BCUT2D eigenvalue weighted by atomic mass is 16.5. The number of likely N-dealkylation sites (tertiary alicyclic amines) is 1. The Morgan fingerprint density at radius 3 is 3.04 bits per heavy atom. The number of amides is 1. The molecule has 1 fully saturated rings. The second kappa shape index (κ2) is 8.16. The van der Waals surface area contributed by atoms with Crippen LogP contribution >= 0.6 is 0 Å². The Bertz CT molecular complexity index is 857. The number of aryl methyl sites for hydroxylation is 1. The van der Waals surface area contributed by atoms with Crippen LogP contribution in [-0.4, -0.2) is 53.3 Å². The Morgan fingerprint density at radius 1 is 1.32 bits per heavy atom. The largest absolute Gasteiger partial charge is 0.488 e. The van der Waals surface area contributed by atoms with Gasteiger partial charge >= 0.3 is 0 Å². The maximum atomic E-state index is 11.5. The van der Waals surface area contributed by atoms with E-state index in [0.717, 1.165) is 35.5 Å². The molecule has 1 amide bonds. The van der Waals surface area contributed by atoms with Crippen LogP contribution in [-0.2, 0) is 17.8 Å². The number of nitrogens with zero attached hydrogens (tertiary/aromatic N) is 2. The third-order valence-electron chi connectivity index (χ3n) is 5.30. The fourth-order valence-electron chi connectivity index (χ4n) is 3.83. The van der Waals surface area contributed by atoms with Gasteiger partial charge in [-0.25, -0.2) is 4.98 Å². The lowest BCUT2D eigenvalue weighted by Crippen LogP contribution is -2.48. The summed E-state index contributed by atoms with van der Waals surface area (Å²) in [6, 6.07) is 9.58. The number of pyridine rings is 1. The molecule has 7 nitrogen and oxygen atoms in total. The van der Waals surface area contributed by atoms with Crippen molar-refractivity contribution < 1.29 is 19.4 Å². The standard InChI is InChI=1S/C21H25N3O4/c1-27-21-15(3-2-9-22-21)12-24-10-8-19(18(25)13-24)28-16-5-6-17-14(11-16)4-7-20(26)23-17/h2-3,5-6,9,11,18-19,25H,4,7-8,10,12-13H2,1H3,(H,23,26)/t18-,19-/m1/s1. The average molecular weight is 383 g/mol. The number of hydrogen-bond donors (Lipinski definition) is 2. The zero-order chi connectivity index (χ0) is 19.5. The van der Waals surface area contributed by atoms with Gasteiger partial charge in [-0.15, -0.1) is 0 Å². The molecule has 0 unspecified atom stereocenters. The van der Waals surface area contributed by atoms with Crippen LogP contribution in [0.2, 0.25) is 0 Å². The van der Waals surface area contributed by atoms with E-state index in [-0.39, 0.29) is 12.0 Å². The Kier molecular flexibility index (Phi) is 5.45. The van der Waals surface area contributed by atoms with Crippen LogP contribution in [0.15, 0.2) is 36.5 Å². The monoisotopic (exact) mass is 383 g/mol. The van der Waals surface area contributed by atoms with Crippen LogP contribution in [0.5, 0.6) is 11.6 Å². The van der Waals surface area contributed by atoms with Crippen LogP contribution in [0, 0.1) is 0 Å². The average Bonchev–Trinajstić information content (AvgIpc) is 2.70. The van der Waals surface area contributed by atoms with E-state index in [1.165, 1.54) is 0 Å². The highest BCUT2D eigenvalue weighted by Gasteiger charge is 2.30. The number of methoxy groups -OCH3 is 1. The Balaban J connectivity index is 1.36. The zero-order valence-corrected chi connectivity index (χ0v) is 15.9. The quantitative estimate of drug-likeness (QED) is 0.822. The number of aliphatic hydroxyl groups excluding tert-OH is 1. The summed E-state index contributed by atoms with van der Waals surface area (Å²) in [4.78, 5) is 17.9. The number of aliphatic hydroxyl groups is 1. The number of anilines is 1. The number of aromatic nitrogens is 1. The van der Waals surface area contributed by atoms with E-state index in [2.05, 4.69) is 15.2 Å². The Labute approximate surface area is 164 Å². The molecule has 2 atom stereocenters. The third-order valence-corrected chi connectivity index (χ3v) is 5.30. The topological polar surface area (TPSA) is 83.9 Å². The van der Waals surface area contributed by atoms with E-state index in [0.29, 0.717) is 31.8 Å². The van der Waals surface area contributed by atoms with Crippen molar-refractivity contribution in [3.05, 3.63) is 47.7 Å². The van der Waals surface area contributed by atoms with Gasteiger partial charge in [-0.1, -0.05) is 6.07 Å². The van der Waals surface area contributed by atoms with Crippen LogP contribution in [0.1, 0.15) is 24.0 Å². The van der Waals surface area contributed by atoms with Gasteiger partial charge < -0.3 is 19.9 Å². The first-order valence-electron chi connectivity index (χ1n) is 9.60. The molecule has 28 heavy (non-hydrogen) atoms. The molecule has 2 aliphatic heterocycles. The third kappa shape index (κ3) is 4.10. The van der Waals surface area contributed by atoms with Crippen LogP contribution in [0.4, 0.5) is 5.69 Å². The van der Waals surface area contributed by atoms with Crippen molar-refractivity contribution in [2.24, 2.45) is 0 Å². The second-order valence-electron chi connectivity index (χ2n) is 7.29. The predicted molar refractivity (Wildman–Crippen MR) is 104 cm³/mol. The first-order valence-corrected chi connectivity index (χ1v) is 9.60. The molecule has 2 aromatic rings. The van der Waals surface area contributed by atoms with E-state index in [1.54, 1.807) is 13.3 Å². The second-order valence-corrected chi connectivity index (χ2v) is 7.29. The van der Waals surface area contributed by atoms with Gasteiger partial charge in [0.05, 0.1) is 7.11 Å². The first kappa shape index (κ1) is 18.7. The maximum absolute atomic E-state index is 11.5. The molecule has 0 spiro atoms. The van der Waals surface area contributed by atoms with Crippen LogP contribution in [0.25, 0.3) is 0 Å². The summed E-state index contributed by atoms with van der Waals surface area (Å²) in [6.45, 7) is 2.03. The van der Waals surface area contributed by atoms with E-state index < -0.39 is 6.10 Å². The van der Waals surface area contributed by atoms with Gasteiger partial charge in [-0.05, 0) is 42.7 Å². The molecule has 0 radical (unpaired) electrons. The Hall–Kier alpha value is -2.64. The summed E-state index contributed by atoms with van der Waals surface area (Å²) >= 11 is 0. The summed E-state index contributed by atoms with van der Waals surface area (Å²) in [5, 5.41) is 13.5. The normalized spacial score (nSPS) is 22.3. The van der Waals surface area contributed by atoms with Gasteiger partial charge in [0.15, 0.2) is 0 Å². The molecule has 2 N–H and O–H groups in total. The lowest BCUT2D eigenvalue weighted by atomic mass is 10.0. The number of carbonyl (C=O) groups is 1. The van der Waals surface area contributed by atoms with Crippen molar-refractivity contribution in [1.82, 2.24) is 9.88 Å². The van der Waals surface area contributed by atoms with Gasteiger partial charge in [0.1, 0.15) is 18.0 Å². The Morgan fingerprint density at radius 2 is 2.21 bits per heavy atom. The number of β-amino-alcohol motifs (C(OH)–C–C–N with tert-alkyl or cyclic N) is 1. The minimum Gasteiger partial charge on any atom is -0.488 e. The number of nitrogens with one attached hydrogen (secondary N) is 1. The summed E-state index contributed by atoms with van der Waals surface area (Å²) in [5.41, 5.74) is 2.94. The first-order chi connectivity index (χ1) is 13.6. The molecule has 0 saturated carbocycles. The van der Waals surface area contributed by atoms with Crippen LogP contribution in [0.3, 0.4) is 0 Å². The summed E-state index contributed by atoms with van der Waals surface area (Å²) in [7, 11) is 1.62. The highest BCUT2D eigenvalue weighted by Crippen LogP contribution is 2.29. The number of ether oxygens (including phenoxy) is 2. The van der Waals surface area contributed by atoms with Gasteiger partial charge in [0.2, 0.25) is 11.8 Å². The smallest absolute Gasteiger partial charge is 0.224 e. The molecule has 2 aliphatic rings. The molecule has 3 heterocycles. The zero-order valence-electron chi connectivity index (χ0n) is 15.9. The minimum atomic E-state index is -0.577. The van der Waals surface area contributed by atoms with Gasteiger partial charge in [-0.3, -0.25) is 9.69 Å². The predicted octanol–water partition coefficient (Wildman–Crippen LogP) is 1.99. The fourth-order valence-corrected chi connectivity index (χ4v) is 3.83. The van der Waals surface area contributed by atoms with Gasteiger partial charge in [0, 0.05) is 43.5 Å². The number of rotatable bonds is 5. The van der Waals surface area contributed by atoms with Crippen molar-refractivity contribution in [2.75, 3.05) is 25.5 Å². The SMILES string of the molecule is COc1ncccc1CN1CC[C@@H](Oc2ccc3c(c2)CCC(=O)N3)[C@H](O)C1. The van der Waals surface area contributed by atoms with Crippen LogP contribution < -0.4 is 14.8 Å². The number of benzene rings is 1. The molecule has 7 heteroatoms. The fraction of sp³-hybridized carbons (Fsp3) is 0.429. The minimum absolute atomic E-state index is 0.0502. The van der Waals surface area contributed by atoms with Crippen molar-refractivity contribution in [3.8, 4) is 11.6 Å². The van der Waals surface area contributed by atoms with Gasteiger partial charge in [-0.2, -0.15) is 0 Å². The van der Waals surface area contributed by atoms with Crippen molar-refractivity contribution >= 4 is 11.6 Å². The van der Waals surface area contributed by atoms with E-state index in [1.807, 2.05) is 30.3 Å². The van der Waals surface area contributed by atoms with E-state index in [4.69, 9.17) is 9.47 Å². The lowest BCUT2D eigenvalue weighted by Gasteiger charge is -2.36. The summed E-state index contributed by atoms with van der Waals surface area (Å²) in [5.74, 6) is 1.41. The molecule has 1 saturated heterocycles. The highest BCUT2D eigenvalue weighted by molar-refractivity contribution is 5.93. The van der Waals surface area contributed by atoms with Gasteiger partial charge in [0.25, 0.3) is 0 Å². The van der Waals surface area contributed by atoms with Crippen molar-refractivity contribution in [1.29, 1.82) is 0 Å².